The zero-order chi connectivity index (χ0) is 18.6. The molecule has 0 radical (unpaired) electrons. The van der Waals surface area contributed by atoms with Gasteiger partial charge in [-0.2, -0.15) is 10.2 Å². The Morgan fingerprint density at radius 1 is 1.40 bits per heavy atom. The highest BCUT2D eigenvalue weighted by molar-refractivity contribution is 5.97. The van der Waals surface area contributed by atoms with E-state index in [2.05, 4.69) is 15.6 Å². The summed E-state index contributed by atoms with van der Waals surface area (Å²) in [5.41, 5.74) is 2.44. The van der Waals surface area contributed by atoms with Crippen LogP contribution in [0.15, 0.2) is 23.3 Å². The topological polar surface area (TPSA) is 121 Å². The van der Waals surface area contributed by atoms with Gasteiger partial charge in [0, 0.05) is 12.6 Å². The van der Waals surface area contributed by atoms with Crippen LogP contribution in [0.2, 0.25) is 0 Å². The third kappa shape index (κ3) is 3.74. The Morgan fingerprint density at radius 3 is 2.72 bits per heavy atom. The zero-order valence-corrected chi connectivity index (χ0v) is 14.1. The molecule has 1 amide bonds. The number of rotatable bonds is 6. The first-order chi connectivity index (χ1) is 11.9. The van der Waals surface area contributed by atoms with Crippen LogP contribution < -0.4 is 14.9 Å². The Morgan fingerprint density at radius 2 is 2.12 bits per heavy atom. The number of hydrogen-bond acceptors (Lipinski definition) is 7. The Labute approximate surface area is 143 Å². The molecule has 0 saturated carbocycles. The molecule has 0 unspecified atom stereocenters. The molecule has 1 aromatic heterocycles. The monoisotopic (exact) mass is 347 g/mol. The Bertz CT molecular complexity index is 843. The molecule has 0 atom stereocenters. The van der Waals surface area contributed by atoms with Crippen LogP contribution in [0.25, 0.3) is 0 Å². The lowest BCUT2D eigenvalue weighted by Gasteiger charge is -2.06. The summed E-state index contributed by atoms with van der Waals surface area (Å²) in [5.74, 6) is 0.376. The second-order valence-corrected chi connectivity index (χ2v) is 4.97. The summed E-state index contributed by atoms with van der Waals surface area (Å²) in [6, 6.07) is 5.08. The number of nitrogens with one attached hydrogen (secondary N) is 1. The van der Waals surface area contributed by atoms with Crippen LogP contribution >= 0.6 is 0 Å². The van der Waals surface area contributed by atoms with E-state index in [0.717, 1.165) is 4.68 Å². The fourth-order valence-electron chi connectivity index (χ4n) is 2.27. The van der Waals surface area contributed by atoms with Gasteiger partial charge in [0.25, 0.3) is 5.91 Å². The van der Waals surface area contributed by atoms with E-state index in [-0.39, 0.29) is 17.1 Å². The van der Waals surface area contributed by atoms with Crippen LogP contribution in [-0.4, -0.2) is 41.0 Å². The molecule has 0 aliphatic heterocycles. The van der Waals surface area contributed by atoms with Gasteiger partial charge in [-0.3, -0.25) is 19.6 Å². The van der Waals surface area contributed by atoms with Gasteiger partial charge in [-0.05, 0) is 25.1 Å². The number of hydrogen-bond donors (Lipinski definition) is 1. The van der Waals surface area contributed by atoms with Crippen LogP contribution in [0, 0.1) is 17.0 Å². The third-order valence-electron chi connectivity index (χ3n) is 3.39. The molecule has 1 aromatic carbocycles. The minimum atomic E-state index is -0.743. The lowest BCUT2D eigenvalue weighted by Crippen LogP contribution is -2.22. The summed E-state index contributed by atoms with van der Waals surface area (Å²) in [5, 5.41) is 18.8. The van der Waals surface area contributed by atoms with Crippen molar-refractivity contribution < 1.29 is 19.2 Å². The van der Waals surface area contributed by atoms with E-state index in [1.807, 2.05) is 0 Å². The normalized spacial score (nSPS) is 10.7. The fourth-order valence-corrected chi connectivity index (χ4v) is 2.27. The van der Waals surface area contributed by atoms with Crippen LogP contribution in [0.4, 0.5) is 5.69 Å². The number of carbonyl (C=O) groups excluding carboxylic acids is 1. The molecule has 1 heterocycles. The van der Waals surface area contributed by atoms with Gasteiger partial charge in [0.2, 0.25) is 5.69 Å². The summed E-state index contributed by atoms with van der Waals surface area (Å²) in [4.78, 5) is 22.7. The van der Waals surface area contributed by atoms with Gasteiger partial charge in [-0.25, -0.2) is 5.43 Å². The number of methoxy groups -OCH3 is 2. The number of ether oxygens (including phenoxy) is 2. The Balaban J connectivity index is 2.24. The second-order valence-electron chi connectivity index (χ2n) is 4.97. The number of nitro groups is 1. The molecule has 0 bridgehead atoms. The molecule has 0 aliphatic carbocycles. The van der Waals surface area contributed by atoms with Crippen molar-refractivity contribution in [2.45, 2.75) is 6.92 Å². The molecule has 25 heavy (non-hydrogen) atoms. The maximum Gasteiger partial charge on any atom is 0.322 e. The molecule has 10 heteroatoms. The summed E-state index contributed by atoms with van der Waals surface area (Å²) >= 11 is 0. The van der Waals surface area contributed by atoms with Gasteiger partial charge >= 0.3 is 5.69 Å². The van der Waals surface area contributed by atoms with Crippen molar-refractivity contribution in [3.05, 3.63) is 45.3 Å². The van der Waals surface area contributed by atoms with Crippen molar-refractivity contribution in [3.63, 3.8) is 0 Å². The number of amides is 1. The number of aromatic nitrogens is 2. The minimum Gasteiger partial charge on any atom is -0.497 e. The van der Waals surface area contributed by atoms with Crippen LogP contribution in [0.1, 0.15) is 21.7 Å². The summed E-state index contributed by atoms with van der Waals surface area (Å²) in [6.45, 7) is 1.46. The van der Waals surface area contributed by atoms with Crippen molar-refractivity contribution >= 4 is 17.8 Å². The minimum absolute atomic E-state index is 0.149. The largest absolute Gasteiger partial charge is 0.497 e. The van der Waals surface area contributed by atoms with Gasteiger partial charge in [-0.1, -0.05) is 0 Å². The second kappa shape index (κ2) is 7.43. The first-order valence-corrected chi connectivity index (χ1v) is 7.12. The van der Waals surface area contributed by atoms with Crippen molar-refractivity contribution in [2.24, 2.45) is 12.1 Å². The molecule has 2 aromatic rings. The van der Waals surface area contributed by atoms with Crippen LogP contribution in [0.3, 0.4) is 0 Å². The van der Waals surface area contributed by atoms with Crippen molar-refractivity contribution in [3.8, 4) is 11.5 Å². The highest BCUT2D eigenvalue weighted by atomic mass is 16.6. The van der Waals surface area contributed by atoms with Crippen molar-refractivity contribution in [1.29, 1.82) is 0 Å². The van der Waals surface area contributed by atoms with E-state index in [1.165, 1.54) is 34.4 Å². The molecule has 132 valence electrons. The molecule has 0 saturated heterocycles. The summed E-state index contributed by atoms with van der Waals surface area (Å²) in [6.07, 6.45) is 1.36. The number of benzene rings is 1. The highest BCUT2D eigenvalue weighted by Crippen LogP contribution is 2.23. The molecule has 2 rings (SSSR count). The summed E-state index contributed by atoms with van der Waals surface area (Å²) < 4.78 is 11.5. The molecule has 1 N–H and O–H groups in total. The first kappa shape index (κ1) is 17.9. The number of aryl methyl sites for hydroxylation is 2. The third-order valence-corrected chi connectivity index (χ3v) is 3.39. The standard InChI is InChI=1S/C15H17N5O5/c1-9-13(20(22)23)14(19(2)18-9)15(21)17-16-8-10-7-11(24-3)5-6-12(10)25-4/h5-8H,1-4H3,(H,17,21)/b16-8-. The van der Waals surface area contributed by atoms with E-state index in [9.17, 15) is 14.9 Å². The Hall–Kier alpha value is -3.43. The van der Waals surface area contributed by atoms with Gasteiger partial charge in [0.05, 0.1) is 25.4 Å². The molecular formula is C15H17N5O5. The van der Waals surface area contributed by atoms with Crippen molar-refractivity contribution in [1.82, 2.24) is 15.2 Å². The molecule has 10 nitrogen and oxygen atoms in total. The maximum atomic E-state index is 12.2. The molecule has 0 fully saturated rings. The number of nitrogens with zero attached hydrogens (tertiary/aromatic N) is 4. The average Bonchev–Trinajstić information content (AvgIpc) is 2.88. The maximum absolute atomic E-state index is 12.2. The molecule has 0 spiro atoms. The van der Waals surface area contributed by atoms with Crippen LogP contribution in [0.5, 0.6) is 11.5 Å². The first-order valence-electron chi connectivity index (χ1n) is 7.12. The van der Waals surface area contributed by atoms with E-state index < -0.39 is 10.8 Å². The van der Waals surface area contributed by atoms with Gasteiger partial charge in [-0.15, -0.1) is 0 Å². The Kier molecular flexibility index (Phi) is 5.32. The van der Waals surface area contributed by atoms with Gasteiger partial charge in [0.1, 0.15) is 17.2 Å². The SMILES string of the molecule is COc1ccc(OC)c(/C=N\NC(=O)c2c([N+](=O)[O-])c(C)nn2C)c1. The van der Waals surface area contributed by atoms with E-state index in [4.69, 9.17) is 9.47 Å². The predicted octanol–water partition coefficient (Wildman–Crippen LogP) is 1.42. The molecular weight excluding hydrogens is 330 g/mol. The van der Waals surface area contributed by atoms with Crippen molar-refractivity contribution in [2.75, 3.05) is 14.2 Å². The van der Waals surface area contributed by atoms with E-state index in [0.29, 0.717) is 17.1 Å². The fraction of sp³-hybridized carbons (Fsp3) is 0.267. The van der Waals surface area contributed by atoms with E-state index in [1.54, 1.807) is 18.2 Å². The van der Waals surface area contributed by atoms with Gasteiger partial charge < -0.3 is 9.47 Å². The quantitative estimate of drug-likeness (QED) is 0.479. The number of carbonyl (C=O) groups is 1. The number of hydrazone groups is 1. The predicted molar refractivity (Wildman–Crippen MR) is 89.2 cm³/mol. The lowest BCUT2D eigenvalue weighted by atomic mass is 10.2. The van der Waals surface area contributed by atoms with Gasteiger partial charge in [0.15, 0.2) is 0 Å². The average molecular weight is 347 g/mol. The molecule has 0 aliphatic rings. The highest BCUT2D eigenvalue weighted by Gasteiger charge is 2.29. The summed E-state index contributed by atoms with van der Waals surface area (Å²) in [7, 11) is 4.47. The van der Waals surface area contributed by atoms with Crippen LogP contribution in [-0.2, 0) is 7.05 Å². The zero-order valence-electron chi connectivity index (χ0n) is 14.1. The van der Waals surface area contributed by atoms with E-state index >= 15 is 0 Å². The smallest absolute Gasteiger partial charge is 0.322 e. The lowest BCUT2D eigenvalue weighted by molar-refractivity contribution is -0.385.